The Hall–Kier alpha value is -2.73. The highest BCUT2D eigenvalue weighted by Gasteiger charge is 2.17. The lowest BCUT2D eigenvalue weighted by atomic mass is 10.1. The fourth-order valence-electron chi connectivity index (χ4n) is 2.62. The molecule has 0 aliphatic carbocycles. The van der Waals surface area contributed by atoms with Crippen LogP contribution in [0.15, 0.2) is 34.9 Å². The van der Waals surface area contributed by atoms with Crippen LogP contribution in [0.1, 0.15) is 32.9 Å². The van der Waals surface area contributed by atoms with E-state index in [2.05, 4.69) is 15.5 Å². The molecule has 0 aliphatic rings. The molecule has 3 aromatic rings. The predicted octanol–water partition coefficient (Wildman–Crippen LogP) is 2.30. The fourth-order valence-corrected chi connectivity index (χ4v) is 2.62. The molecule has 3 rings (SSSR count). The number of carbonyl (C=O) groups is 1. The molecule has 6 heteroatoms. The Morgan fingerprint density at radius 2 is 1.92 bits per heavy atom. The molecule has 1 aromatic carbocycles. The summed E-state index contributed by atoms with van der Waals surface area (Å²) in [7, 11) is 0. The van der Waals surface area contributed by atoms with Crippen LogP contribution in [-0.4, -0.2) is 27.7 Å². The summed E-state index contributed by atoms with van der Waals surface area (Å²) in [5.74, 6) is -0.163. The lowest BCUT2D eigenvalue weighted by Gasteiger charge is -2.07. The first-order valence-corrected chi connectivity index (χ1v) is 7.79. The van der Waals surface area contributed by atoms with E-state index in [1.165, 1.54) is 0 Å². The third kappa shape index (κ3) is 3.28. The Morgan fingerprint density at radius 1 is 1.21 bits per heavy atom. The Balaban J connectivity index is 1.70. The van der Waals surface area contributed by atoms with Crippen molar-refractivity contribution >= 4 is 17.0 Å². The van der Waals surface area contributed by atoms with Crippen LogP contribution in [0.2, 0.25) is 0 Å². The summed E-state index contributed by atoms with van der Waals surface area (Å²) in [4.78, 5) is 16.8. The van der Waals surface area contributed by atoms with Gasteiger partial charge in [-0.1, -0.05) is 29.4 Å². The molecule has 24 heavy (non-hydrogen) atoms. The van der Waals surface area contributed by atoms with Gasteiger partial charge in [0.05, 0.1) is 23.3 Å². The number of aliphatic hydroxyl groups is 1. The fraction of sp³-hybridized carbons (Fsp3) is 0.278. The Bertz CT molecular complexity index is 869. The van der Waals surface area contributed by atoms with Gasteiger partial charge in [-0.15, -0.1) is 0 Å². The molecule has 1 amide bonds. The van der Waals surface area contributed by atoms with E-state index in [1.54, 1.807) is 13.0 Å². The SMILES string of the molecule is Cc1cc(C(=O)NCCc2ccc(CO)cc2)c2c(C)noc2n1. The van der Waals surface area contributed by atoms with E-state index in [0.717, 1.165) is 11.1 Å². The standard InChI is InChI=1S/C18H19N3O3/c1-11-9-15(16-12(2)21-24-18(16)20-11)17(23)19-8-7-13-3-5-14(10-22)6-4-13/h3-6,9,22H,7-8,10H2,1-2H3,(H,19,23). The lowest BCUT2D eigenvalue weighted by Crippen LogP contribution is -2.26. The second-order valence-corrected chi connectivity index (χ2v) is 5.74. The number of nitrogens with zero attached hydrogens (tertiary/aromatic N) is 2. The van der Waals surface area contributed by atoms with Gasteiger partial charge < -0.3 is 14.9 Å². The van der Waals surface area contributed by atoms with E-state index >= 15 is 0 Å². The van der Waals surface area contributed by atoms with Crippen molar-refractivity contribution < 1.29 is 14.4 Å². The highest BCUT2D eigenvalue weighted by atomic mass is 16.5. The first-order valence-electron chi connectivity index (χ1n) is 7.79. The number of rotatable bonds is 5. The highest BCUT2D eigenvalue weighted by molar-refractivity contribution is 6.06. The molecule has 0 aliphatic heterocycles. The summed E-state index contributed by atoms with van der Waals surface area (Å²) in [5.41, 5.74) is 4.26. The number of amides is 1. The molecule has 0 saturated heterocycles. The predicted molar refractivity (Wildman–Crippen MR) is 89.7 cm³/mol. The first-order chi connectivity index (χ1) is 11.6. The van der Waals surface area contributed by atoms with E-state index in [0.29, 0.717) is 41.0 Å². The summed E-state index contributed by atoms with van der Waals surface area (Å²) >= 11 is 0. The highest BCUT2D eigenvalue weighted by Crippen LogP contribution is 2.21. The van der Waals surface area contributed by atoms with Crippen LogP contribution in [0.25, 0.3) is 11.1 Å². The number of aromatic nitrogens is 2. The maximum Gasteiger partial charge on any atom is 0.258 e. The van der Waals surface area contributed by atoms with E-state index < -0.39 is 0 Å². The molecule has 0 atom stereocenters. The number of carbonyl (C=O) groups excluding carboxylic acids is 1. The summed E-state index contributed by atoms with van der Waals surface area (Å²) < 4.78 is 5.15. The molecular formula is C18H19N3O3. The number of hydrogen-bond acceptors (Lipinski definition) is 5. The smallest absolute Gasteiger partial charge is 0.258 e. The average Bonchev–Trinajstić information content (AvgIpc) is 2.95. The van der Waals surface area contributed by atoms with Gasteiger partial charge in [0.15, 0.2) is 0 Å². The van der Waals surface area contributed by atoms with Gasteiger partial charge >= 0.3 is 0 Å². The third-order valence-electron chi connectivity index (χ3n) is 3.89. The summed E-state index contributed by atoms with van der Waals surface area (Å²) in [6, 6.07) is 9.42. The number of hydrogen-bond donors (Lipinski definition) is 2. The molecule has 0 saturated carbocycles. The van der Waals surface area contributed by atoms with Crippen LogP contribution >= 0.6 is 0 Å². The molecule has 6 nitrogen and oxygen atoms in total. The Morgan fingerprint density at radius 3 is 2.62 bits per heavy atom. The van der Waals surface area contributed by atoms with Crippen molar-refractivity contribution in [2.75, 3.05) is 6.54 Å². The van der Waals surface area contributed by atoms with Crippen molar-refractivity contribution in [2.24, 2.45) is 0 Å². The number of nitrogens with one attached hydrogen (secondary N) is 1. The maximum absolute atomic E-state index is 12.5. The zero-order valence-electron chi connectivity index (χ0n) is 13.7. The van der Waals surface area contributed by atoms with Crippen LogP contribution < -0.4 is 5.32 Å². The zero-order valence-corrected chi connectivity index (χ0v) is 13.7. The quantitative estimate of drug-likeness (QED) is 0.751. The number of fused-ring (bicyclic) bond motifs is 1. The normalized spacial score (nSPS) is 11.0. The van der Waals surface area contributed by atoms with Crippen LogP contribution in [0, 0.1) is 13.8 Å². The van der Waals surface area contributed by atoms with Crippen molar-refractivity contribution in [3.8, 4) is 0 Å². The van der Waals surface area contributed by atoms with Gasteiger partial charge in [-0.3, -0.25) is 4.79 Å². The largest absolute Gasteiger partial charge is 0.392 e. The number of aryl methyl sites for hydroxylation is 2. The molecule has 0 fully saturated rings. The average molecular weight is 325 g/mol. The molecule has 2 heterocycles. The van der Waals surface area contributed by atoms with Gasteiger partial charge in [0, 0.05) is 12.2 Å². The number of pyridine rings is 1. The lowest BCUT2D eigenvalue weighted by molar-refractivity contribution is 0.0955. The zero-order chi connectivity index (χ0) is 17.1. The Labute approximate surface area is 139 Å². The van der Waals surface area contributed by atoms with Crippen molar-refractivity contribution in [1.29, 1.82) is 0 Å². The van der Waals surface area contributed by atoms with Crippen LogP contribution in [0.5, 0.6) is 0 Å². The van der Waals surface area contributed by atoms with E-state index in [1.807, 2.05) is 31.2 Å². The van der Waals surface area contributed by atoms with Gasteiger partial charge in [-0.2, -0.15) is 0 Å². The van der Waals surface area contributed by atoms with Crippen molar-refractivity contribution in [1.82, 2.24) is 15.5 Å². The molecule has 124 valence electrons. The minimum absolute atomic E-state index is 0.0342. The van der Waals surface area contributed by atoms with Crippen molar-refractivity contribution in [2.45, 2.75) is 26.9 Å². The minimum atomic E-state index is -0.163. The molecule has 0 radical (unpaired) electrons. The van der Waals surface area contributed by atoms with Crippen LogP contribution in [-0.2, 0) is 13.0 Å². The van der Waals surface area contributed by atoms with E-state index in [-0.39, 0.29) is 12.5 Å². The second kappa shape index (κ2) is 6.80. The van der Waals surface area contributed by atoms with Gasteiger partial charge in [0.25, 0.3) is 11.6 Å². The number of benzene rings is 1. The number of aliphatic hydroxyl groups excluding tert-OH is 1. The van der Waals surface area contributed by atoms with E-state index in [9.17, 15) is 4.79 Å². The molecule has 0 spiro atoms. The second-order valence-electron chi connectivity index (χ2n) is 5.74. The van der Waals surface area contributed by atoms with Crippen LogP contribution in [0.3, 0.4) is 0 Å². The molecule has 0 bridgehead atoms. The summed E-state index contributed by atoms with van der Waals surface area (Å²) in [6.45, 7) is 4.16. The maximum atomic E-state index is 12.5. The minimum Gasteiger partial charge on any atom is -0.392 e. The Kier molecular flexibility index (Phi) is 4.57. The van der Waals surface area contributed by atoms with Gasteiger partial charge in [0.1, 0.15) is 0 Å². The van der Waals surface area contributed by atoms with E-state index in [4.69, 9.17) is 9.63 Å². The molecule has 2 aromatic heterocycles. The summed E-state index contributed by atoms with van der Waals surface area (Å²) in [5, 5.41) is 16.5. The van der Waals surface area contributed by atoms with Crippen LogP contribution in [0.4, 0.5) is 0 Å². The van der Waals surface area contributed by atoms with Gasteiger partial charge in [-0.05, 0) is 37.5 Å². The topological polar surface area (TPSA) is 88.2 Å². The summed E-state index contributed by atoms with van der Waals surface area (Å²) in [6.07, 6.45) is 0.716. The third-order valence-corrected chi connectivity index (χ3v) is 3.89. The van der Waals surface area contributed by atoms with Gasteiger partial charge in [-0.25, -0.2) is 4.98 Å². The molecule has 2 N–H and O–H groups in total. The molecular weight excluding hydrogens is 306 g/mol. The van der Waals surface area contributed by atoms with Gasteiger partial charge in [0.2, 0.25) is 0 Å². The molecule has 0 unspecified atom stereocenters. The first kappa shape index (κ1) is 16.1. The van der Waals surface area contributed by atoms with Crippen molar-refractivity contribution in [3.63, 3.8) is 0 Å². The van der Waals surface area contributed by atoms with Crippen molar-refractivity contribution in [3.05, 3.63) is 58.4 Å². The monoisotopic (exact) mass is 325 g/mol.